The molecule has 2 heterocycles. The molecule has 0 aliphatic rings. The van der Waals surface area contributed by atoms with Crippen molar-refractivity contribution < 1.29 is 9.53 Å². The van der Waals surface area contributed by atoms with E-state index in [9.17, 15) is 10.1 Å². The summed E-state index contributed by atoms with van der Waals surface area (Å²) in [7, 11) is 0. The van der Waals surface area contributed by atoms with Crippen molar-refractivity contribution in [3.8, 4) is 28.8 Å². The molecular formula is C28H26N6O2. The number of carbonyl (C=O) groups excluding carboxylic acids is 1. The molecule has 180 valence electrons. The Labute approximate surface area is 209 Å². The van der Waals surface area contributed by atoms with Crippen LogP contribution in [0.2, 0.25) is 0 Å². The van der Waals surface area contributed by atoms with Crippen molar-refractivity contribution in [2.45, 2.75) is 13.0 Å². The first-order chi connectivity index (χ1) is 17.7. The Hall–Kier alpha value is -4.90. The highest BCUT2D eigenvalue weighted by atomic mass is 16.5. The lowest BCUT2D eigenvalue weighted by atomic mass is 10.1. The molecule has 0 unspecified atom stereocenters. The van der Waals surface area contributed by atoms with Gasteiger partial charge in [0, 0.05) is 42.8 Å². The number of imidazole rings is 1. The number of para-hydroxylation sites is 1. The number of ether oxygens (including phenoxy) is 1. The lowest BCUT2D eigenvalue weighted by molar-refractivity contribution is -0.117. The Kier molecular flexibility index (Phi) is 8.07. The summed E-state index contributed by atoms with van der Waals surface area (Å²) in [5, 5.41) is 17.3. The summed E-state index contributed by atoms with van der Waals surface area (Å²) in [6.45, 7) is 5.25. The number of nitrogens with zero attached hydrogens (tertiary/aromatic N) is 5. The maximum atomic E-state index is 12.7. The first-order valence-corrected chi connectivity index (χ1v) is 11.5. The zero-order valence-electron chi connectivity index (χ0n) is 19.7. The number of carbonyl (C=O) groups is 1. The Morgan fingerprint density at radius 2 is 1.97 bits per heavy atom. The summed E-state index contributed by atoms with van der Waals surface area (Å²) >= 11 is 0. The van der Waals surface area contributed by atoms with Gasteiger partial charge in [0.2, 0.25) is 0 Å². The molecule has 8 heteroatoms. The van der Waals surface area contributed by atoms with E-state index in [-0.39, 0.29) is 5.57 Å². The molecule has 1 amide bonds. The number of hydrogen-bond acceptors (Lipinski definition) is 5. The predicted molar refractivity (Wildman–Crippen MR) is 138 cm³/mol. The van der Waals surface area contributed by atoms with Gasteiger partial charge in [-0.15, -0.1) is 0 Å². The second-order valence-corrected chi connectivity index (χ2v) is 7.92. The van der Waals surface area contributed by atoms with E-state index < -0.39 is 5.91 Å². The maximum absolute atomic E-state index is 12.7. The van der Waals surface area contributed by atoms with Crippen molar-refractivity contribution in [3.63, 3.8) is 0 Å². The number of nitriles is 1. The van der Waals surface area contributed by atoms with Gasteiger partial charge in [0.05, 0.1) is 17.7 Å². The molecule has 0 atom stereocenters. The molecule has 0 fully saturated rings. The molecule has 0 aliphatic heterocycles. The SMILES string of the molecule is C=CCOc1ccc(-c2nn(-c3ccccc3)cc2/C=C(\C#N)C(=O)NCCCn2ccnc2)cc1. The van der Waals surface area contributed by atoms with Crippen molar-refractivity contribution in [2.24, 2.45) is 0 Å². The number of hydrogen-bond donors (Lipinski definition) is 1. The van der Waals surface area contributed by atoms with Crippen LogP contribution in [0.25, 0.3) is 23.0 Å². The molecule has 0 aliphatic carbocycles. The minimum absolute atomic E-state index is 0.0115. The van der Waals surface area contributed by atoms with Gasteiger partial charge in [0.25, 0.3) is 5.91 Å². The van der Waals surface area contributed by atoms with E-state index >= 15 is 0 Å². The van der Waals surface area contributed by atoms with Crippen LogP contribution in [-0.2, 0) is 11.3 Å². The van der Waals surface area contributed by atoms with E-state index in [1.54, 1.807) is 29.4 Å². The zero-order valence-corrected chi connectivity index (χ0v) is 19.7. The highest BCUT2D eigenvalue weighted by Crippen LogP contribution is 2.27. The fourth-order valence-electron chi connectivity index (χ4n) is 3.58. The molecule has 0 saturated heterocycles. The largest absolute Gasteiger partial charge is 0.490 e. The number of nitrogens with one attached hydrogen (secondary N) is 1. The summed E-state index contributed by atoms with van der Waals surface area (Å²) in [6, 6.07) is 19.2. The Morgan fingerprint density at radius 3 is 2.67 bits per heavy atom. The van der Waals surface area contributed by atoms with Crippen LogP contribution in [0.15, 0.2) is 97.7 Å². The summed E-state index contributed by atoms with van der Waals surface area (Å²) in [5.41, 5.74) is 3.02. The summed E-state index contributed by atoms with van der Waals surface area (Å²) in [4.78, 5) is 16.7. The molecule has 2 aromatic carbocycles. The number of amides is 1. The predicted octanol–water partition coefficient (Wildman–Crippen LogP) is 4.41. The molecule has 0 saturated carbocycles. The van der Waals surface area contributed by atoms with Crippen LogP contribution in [-0.4, -0.2) is 38.4 Å². The van der Waals surface area contributed by atoms with E-state index in [4.69, 9.17) is 9.84 Å². The molecule has 8 nitrogen and oxygen atoms in total. The number of aryl methyl sites for hydroxylation is 1. The third-order valence-electron chi connectivity index (χ3n) is 5.36. The molecule has 0 spiro atoms. The highest BCUT2D eigenvalue weighted by Gasteiger charge is 2.15. The molecular weight excluding hydrogens is 452 g/mol. The van der Waals surface area contributed by atoms with Crippen LogP contribution in [0.4, 0.5) is 0 Å². The van der Waals surface area contributed by atoms with Gasteiger partial charge >= 0.3 is 0 Å². The Morgan fingerprint density at radius 1 is 1.17 bits per heavy atom. The highest BCUT2D eigenvalue weighted by molar-refractivity contribution is 6.02. The number of benzene rings is 2. The molecule has 0 radical (unpaired) electrons. The van der Waals surface area contributed by atoms with Crippen LogP contribution < -0.4 is 10.1 Å². The molecule has 1 N–H and O–H groups in total. The lowest BCUT2D eigenvalue weighted by Crippen LogP contribution is -2.26. The van der Waals surface area contributed by atoms with Crippen LogP contribution in [0, 0.1) is 11.3 Å². The van der Waals surface area contributed by atoms with Gasteiger partial charge in [-0.2, -0.15) is 10.4 Å². The van der Waals surface area contributed by atoms with Gasteiger partial charge < -0.3 is 14.6 Å². The van der Waals surface area contributed by atoms with Crippen molar-refractivity contribution in [3.05, 3.63) is 103 Å². The van der Waals surface area contributed by atoms with Gasteiger partial charge in [-0.3, -0.25) is 4.79 Å². The van der Waals surface area contributed by atoms with Crippen LogP contribution in [0.1, 0.15) is 12.0 Å². The van der Waals surface area contributed by atoms with E-state index in [2.05, 4.69) is 16.9 Å². The molecule has 36 heavy (non-hydrogen) atoms. The van der Waals surface area contributed by atoms with Gasteiger partial charge in [0.1, 0.15) is 24.0 Å². The minimum Gasteiger partial charge on any atom is -0.490 e. The average molecular weight is 479 g/mol. The van der Waals surface area contributed by atoms with Gasteiger partial charge in [-0.25, -0.2) is 9.67 Å². The molecule has 4 rings (SSSR count). The van der Waals surface area contributed by atoms with Gasteiger partial charge in [-0.05, 0) is 48.9 Å². The van der Waals surface area contributed by atoms with Crippen LogP contribution >= 0.6 is 0 Å². The Bertz CT molecular complexity index is 1360. The monoisotopic (exact) mass is 478 g/mol. The van der Waals surface area contributed by atoms with Crippen LogP contribution in [0.3, 0.4) is 0 Å². The number of rotatable bonds is 11. The molecule has 2 aromatic heterocycles. The minimum atomic E-state index is -0.422. The standard InChI is InChI=1S/C28H26N6O2/c1-2-17-36-26-11-9-22(10-12-26)27-24(20-34(32-27)25-7-4-3-5-8-25)18-23(19-29)28(35)31-13-6-15-33-16-14-30-21-33/h2-5,7-12,14,16,18,20-21H,1,6,13,15,17H2,(H,31,35)/b23-18+. The van der Waals surface area contributed by atoms with Crippen molar-refractivity contribution in [2.75, 3.05) is 13.2 Å². The second-order valence-electron chi connectivity index (χ2n) is 7.92. The van der Waals surface area contributed by atoms with Crippen molar-refractivity contribution in [1.29, 1.82) is 5.26 Å². The van der Waals surface area contributed by atoms with Gasteiger partial charge in [-0.1, -0.05) is 30.9 Å². The third kappa shape index (κ3) is 6.15. The topological polar surface area (TPSA) is 97.8 Å². The smallest absolute Gasteiger partial charge is 0.261 e. The van der Waals surface area contributed by atoms with E-state index in [1.807, 2.05) is 77.6 Å². The van der Waals surface area contributed by atoms with E-state index in [0.717, 1.165) is 24.2 Å². The zero-order chi connectivity index (χ0) is 25.2. The summed E-state index contributed by atoms with van der Waals surface area (Å²) in [5.74, 6) is 0.292. The van der Waals surface area contributed by atoms with Gasteiger partial charge in [0.15, 0.2) is 0 Å². The first-order valence-electron chi connectivity index (χ1n) is 11.5. The molecule has 0 bridgehead atoms. The van der Waals surface area contributed by atoms with Crippen molar-refractivity contribution >= 4 is 12.0 Å². The third-order valence-corrected chi connectivity index (χ3v) is 5.36. The van der Waals surface area contributed by atoms with Crippen molar-refractivity contribution in [1.82, 2.24) is 24.6 Å². The second kappa shape index (κ2) is 12.0. The fraction of sp³-hybridized carbons (Fsp3) is 0.143. The summed E-state index contributed by atoms with van der Waals surface area (Å²) in [6.07, 6.45) is 11.1. The number of aromatic nitrogens is 4. The quantitative estimate of drug-likeness (QED) is 0.149. The fourth-order valence-corrected chi connectivity index (χ4v) is 3.58. The average Bonchev–Trinajstić information content (AvgIpc) is 3.59. The van der Waals surface area contributed by atoms with E-state index in [0.29, 0.717) is 30.2 Å². The first kappa shape index (κ1) is 24.2. The normalized spacial score (nSPS) is 11.0. The van der Waals surface area contributed by atoms with Crippen LogP contribution in [0.5, 0.6) is 5.75 Å². The maximum Gasteiger partial charge on any atom is 0.261 e. The Balaban J connectivity index is 1.58. The lowest BCUT2D eigenvalue weighted by Gasteiger charge is -2.06. The van der Waals surface area contributed by atoms with E-state index in [1.165, 1.54) is 0 Å². The molecule has 4 aromatic rings. The summed E-state index contributed by atoms with van der Waals surface area (Å²) < 4.78 is 9.25.